The van der Waals surface area contributed by atoms with E-state index in [-0.39, 0.29) is 17.5 Å². The van der Waals surface area contributed by atoms with Gasteiger partial charge in [-0.05, 0) is 40.9 Å². The lowest BCUT2D eigenvalue weighted by Crippen LogP contribution is -2.29. The first-order chi connectivity index (χ1) is 17.4. The number of carbonyl (C=O) groups is 2. The molecule has 4 rings (SSSR count). The van der Waals surface area contributed by atoms with Gasteiger partial charge in [0.2, 0.25) is 11.1 Å². The number of anilines is 3. The Balaban J connectivity index is 1.66. The molecule has 0 saturated carbocycles. The first-order valence-corrected chi connectivity index (χ1v) is 11.4. The van der Waals surface area contributed by atoms with Crippen LogP contribution in [0.3, 0.4) is 0 Å². The quantitative estimate of drug-likeness (QED) is 0.270. The Morgan fingerprint density at radius 1 is 0.778 bits per heavy atom. The van der Waals surface area contributed by atoms with Crippen LogP contribution in [-0.2, 0) is 9.59 Å². The first kappa shape index (κ1) is 24.5. The van der Waals surface area contributed by atoms with E-state index < -0.39 is 17.1 Å². The van der Waals surface area contributed by atoms with Crippen molar-refractivity contribution in [2.24, 2.45) is 0 Å². The summed E-state index contributed by atoms with van der Waals surface area (Å²) in [5.74, 6) is 4.11. The average Bonchev–Trinajstić information content (AvgIpc) is 2.88. The van der Waals surface area contributed by atoms with Crippen molar-refractivity contribution in [1.82, 2.24) is 9.97 Å². The maximum absolute atomic E-state index is 13.6. The van der Waals surface area contributed by atoms with E-state index in [1.54, 1.807) is 48.5 Å². The van der Waals surface area contributed by atoms with Gasteiger partial charge in [-0.1, -0.05) is 78.6 Å². The van der Waals surface area contributed by atoms with Crippen LogP contribution < -0.4 is 16.8 Å². The molecule has 1 amide bonds. The van der Waals surface area contributed by atoms with Gasteiger partial charge >= 0.3 is 0 Å². The molecule has 36 heavy (non-hydrogen) atoms. The molecule has 0 fully saturated rings. The van der Waals surface area contributed by atoms with E-state index in [2.05, 4.69) is 27.1 Å². The van der Waals surface area contributed by atoms with Crippen molar-refractivity contribution in [3.05, 3.63) is 114 Å². The van der Waals surface area contributed by atoms with Gasteiger partial charge in [0.05, 0.1) is 11.8 Å². The van der Waals surface area contributed by atoms with Crippen LogP contribution >= 0.6 is 11.6 Å². The Morgan fingerprint density at radius 3 is 1.94 bits per heavy atom. The third kappa shape index (κ3) is 5.69. The predicted molar refractivity (Wildman–Crippen MR) is 141 cm³/mol. The van der Waals surface area contributed by atoms with E-state index >= 15 is 0 Å². The number of nitrogens with two attached hydrogens (primary N) is 2. The molecule has 2 atom stereocenters. The predicted octanol–water partition coefficient (Wildman–Crippen LogP) is 4.31. The Morgan fingerprint density at radius 2 is 1.36 bits per heavy atom. The summed E-state index contributed by atoms with van der Waals surface area (Å²) < 4.78 is 0. The van der Waals surface area contributed by atoms with Gasteiger partial charge in [-0.2, -0.15) is 0 Å². The third-order valence-electron chi connectivity index (χ3n) is 5.55. The minimum absolute atomic E-state index is 0.183. The number of benzene rings is 3. The molecule has 0 saturated heterocycles. The summed E-state index contributed by atoms with van der Waals surface area (Å²) in [5, 5.41) is 2.30. The van der Waals surface area contributed by atoms with Crippen LogP contribution in [0, 0.1) is 11.8 Å². The van der Waals surface area contributed by atoms with Gasteiger partial charge < -0.3 is 16.8 Å². The number of hydrogen-bond acceptors (Lipinski definition) is 6. The highest BCUT2D eigenvalue weighted by atomic mass is 35.5. The molecule has 178 valence electrons. The molecule has 1 aromatic heterocycles. The van der Waals surface area contributed by atoms with Gasteiger partial charge in [0, 0.05) is 11.3 Å². The summed E-state index contributed by atoms with van der Waals surface area (Å²) in [7, 11) is 0. The summed E-state index contributed by atoms with van der Waals surface area (Å²) in [6.07, 6.45) is 1.27. The zero-order chi connectivity index (χ0) is 25.5. The molecule has 0 bridgehead atoms. The van der Waals surface area contributed by atoms with Gasteiger partial charge in [0.1, 0.15) is 23.5 Å². The monoisotopic (exact) mass is 495 g/mol. The van der Waals surface area contributed by atoms with Gasteiger partial charge in [-0.25, -0.2) is 9.97 Å². The molecule has 0 radical (unpaired) electrons. The Kier molecular flexibility index (Phi) is 7.59. The van der Waals surface area contributed by atoms with Gasteiger partial charge in [0.15, 0.2) is 0 Å². The summed E-state index contributed by atoms with van der Waals surface area (Å²) in [5.41, 5.74) is 14.5. The Labute approximate surface area is 213 Å². The molecule has 0 aliphatic carbocycles. The van der Waals surface area contributed by atoms with E-state index in [4.69, 9.17) is 23.1 Å². The molecule has 0 aliphatic rings. The zero-order valence-corrected chi connectivity index (χ0v) is 19.8. The fraction of sp³-hybridized carbons (Fsp3) is 0.0714. The number of nitrogens with one attached hydrogen (secondary N) is 1. The number of rotatable bonds is 6. The minimum Gasteiger partial charge on any atom is -0.382 e. The van der Waals surface area contributed by atoms with E-state index in [1.165, 1.54) is 6.33 Å². The second kappa shape index (κ2) is 11.2. The molecule has 7 nitrogen and oxygen atoms in total. The molecule has 0 aliphatic heterocycles. The van der Waals surface area contributed by atoms with Crippen LogP contribution in [0.1, 0.15) is 34.1 Å². The van der Waals surface area contributed by atoms with Crippen molar-refractivity contribution >= 4 is 40.1 Å². The van der Waals surface area contributed by atoms with Crippen LogP contribution in [0.5, 0.6) is 0 Å². The standard InChI is InChI=1S/C28H22ClN5O2/c29-25(35)23(19-9-3-1-4-10-19)24(20-11-5-2-6-12-20)28(36)34-21-13-7-8-18(16-21)14-15-22-26(30)32-17-33-27(22)31/h1-13,16-17,23-24H,(H,34,36)(H4,30,31,32,33). The second-order valence-corrected chi connectivity index (χ2v) is 8.29. The molecule has 5 N–H and O–H groups in total. The summed E-state index contributed by atoms with van der Waals surface area (Å²) in [6, 6.07) is 25.1. The average molecular weight is 496 g/mol. The molecule has 3 aromatic carbocycles. The highest BCUT2D eigenvalue weighted by Gasteiger charge is 2.35. The van der Waals surface area contributed by atoms with Crippen LogP contribution in [0.15, 0.2) is 91.3 Å². The van der Waals surface area contributed by atoms with Crippen molar-refractivity contribution in [2.75, 3.05) is 16.8 Å². The number of nitrogen functional groups attached to an aromatic ring is 2. The smallest absolute Gasteiger partial charge is 0.233 e. The highest BCUT2D eigenvalue weighted by Crippen LogP contribution is 2.36. The highest BCUT2D eigenvalue weighted by molar-refractivity contribution is 6.65. The van der Waals surface area contributed by atoms with Crippen LogP contribution in [-0.4, -0.2) is 21.1 Å². The maximum Gasteiger partial charge on any atom is 0.233 e. The first-order valence-electron chi connectivity index (χ1n) is 11.0. The lowest BCUT2D eigenvalue weighted by atomic mass is 9.81. The number of carbonyl (C=O) groups excluding carboxylic acids is 2. The van der Waals surface area contributed by atoms with E-state index in [0.29, 0.717) is 27.9 Å². The number of nitrogens with zero attached hydrogens (tertiary/aromatic N) is 2. The van der Waals surface area contributed by atoms with Gasteiger partial charge in [0.25, 0.3) is 0 Å². The molecule has 2 unspecified atom stereocenters. The molecule has 8 heteroatoms. The van der Waals surface area contributed by atoms with E-state index in [9.17, 15) is 9.59 Å². The van der Waals surface area contributed by atoms with E-state index in [1.807, 2.05) is 36.4 Å². The molecule has 4 aromatic rings. The van der Waals surface area contributed by atoms with Crippen molar-refractivity contribution in [1.29, 1.82) is 0 Å². The normalized spacial score (nSPS) is 12.0. The van der Waals surface area contributed by atoms with Crippen molar-refractivity contribution in [3.63, 3.8) is 0 Å². The van der Waals surface area contributed by atoms with Crippen LogP contribution in [0.2, 0.25) is 0 Å². The third-order valence-corrected chi connectivity index (χ3v) is 5.78. The molecule has 1 heterocycles. The molecular weight excluding hydrogens is 474 g/mol. The van der Waals surface area contributed by atoms with Crippen molar-refractivity contribution < 1.29 is 9.59 Å². The fourth-order valence-electron chi connectivity index (χ4n) is 3.84. The maximum atomic E-state index is 13.6. The largest absolute Gasteiger partial charge is 0.382 e. The fourth-order valence-corrected chi connectivity index (χ4v) is 4.09. The van der Waals surface area contributed by atoms with Crippen molar-refractivity contribution in [2.45, 2.75) is 11.8 Å². The summed E-state index contributed by atoms with van der Waals surface area (Å²) >= 11 is 6.05. The summed E-state index contributed by atoms with van der Waals surface area (Å²) in [4.78, 5) is 34.0. The number of aromatic nitrogens is 2. The SMILES string of the molecule is Nc1ncnc(N)c1C#Cc1cccc(NC(=O)C(c2ccccc2)C(C(=O)Cl)c2ccccc2)c1. The van der Waals surface area contributed by atoms with Crippen LogP contribution in [0.4, 0.5) is 17.3 Å². The number of hydrogen-bond donors (Lipinski definition) is 3. The van der Waals surface area contributed by atoms with Gasteiger partial charge in [-0.15, -0.1) is 0 Å². The van der Waals surface area contributed by atoms with E-state index in [0.717, 1.165) is 0 Å². The topological polar surface area (TPSA) is 124 Å². The lowest BCUT2D eigenvalue weighted by Gasteiger charge is -2.24. The minimum atomic E-state index is -0.873. The Hall–Kier alpha value is -4.67. The number of halogens is 1. The van der Waals surface area contributed by atoms with Crippen molar-refractivity contribution in [3.8, 4) is 11.8 Å². The van der Waals surface area contributed by atoms with Crippen LogP contribution in [0.25, 0.3) is 0 Å². The number of amides is 1. The molecular formula is C28H22ClN5O2. The summed E-state index contributed by atoms with van der Waals surface area (Å²) in [6.45, 7) is 0. The molecule has 0 spiro atoms. The zero-order valence-electron chi connectivity index (χ0n) is 19.1. The second-order valence-electron chi connectivity index (χ2n) is 7.92. The Bertz CT molecular complexity index is 1430. The van der Waals surface area contributed by atoms with Gasteiger partial charge in [-0.3, -0.25) is 9.59 Å². The lowest BCUT2D eigenvalue weighted by molar-refractivity contribution is -0.122.